The molecular formula is C12H12N2S. The summed E-state index contributed by atoms with van der Waals surface area (Å²) in [6.07, 6.45) is 6.83. The van der Waals surface area contributed by atoms with Crippen LogP contribution in [0.15, 0.2) is 23.8 Å². The molecule has 1 aliphatic carbocycles. The Morgan fingerprint density at radius 1 is 1.13 bits per heavy atom. The Hall–Kier alpha value is -1.22. The summed E-state index contributed by atoms with van der Waals surface area (Å²) in [6, 6.07) is 4.36. The molecule has 0 amide bonds. The van der Waals surface area contributed by atoms with Crippen molar-refractivity contribution in [3.05, 3.63) is 35.1 Å². The van der Waals surface area contributed by atoms with Gasteiger partial charge in [0.25, 0.3) is 0 Å². The molecule has 3 rings (SSSR count). The topological polar surface area (TPSA) is 25.8 Å². The number of nitrogens with zero attached hydrogens (tertiary/aromatic N) is 2. The monoisotopic (exact) mass is 216 g/mol. The molecule has 0 N–H and O–H groups in total. The van der Waals surface area contributed by atoms with Crippen molar-refractivity contribution in [2.45, 2.75) is 25.7 Å². The van der Waals surface area contributed by atoms with Crippen molar-refractivity contribution < 1.29 is 0 Å². The molecule has 2 heterocycles. The zero-order valence-corrected chi connectivity index (χ0v) is 9.26. The Kier molecular flexibility index (Phi) is 2.25. The van der Waals surface area contributed by atoms with Crippen molar-refractivity contribution >= 4 is 11.3 Å². The van der Waals surface area contributed by atoms with Crippen LogP contribution in [0.5, 0.6) is 0 Å². The summed E-state index contributed by atoms with van der Waals surface area (Å²) < 4.78 is 0. The lowest BCUT2D eigenvalue weighted by Gasteiger charge is -2.14. The van der Waals surface area contributed by atoms with Crippen LogP contribution in [0, 0.1) is 0 Å². The first kappa shape index (κ1) is 9.04. The molecule has 0 aliphatic heterocycles. The summed E-state index contributed by atoms with van der Waals surface area (Å²) in [5.74, 6) is 0. The molecule has 76 valence electrons. The van der Waals surface area contributed by atoms with Gasteiger partial charge in [0.1, 0.15) is 0 Å². The molecule has 2 aromatic heterocycles. The Bertz CT molecular complexity index is 462. The van der Waals surface area contributed by atoms with Crippen LogP contribution in [-0.2, 0) is 12.8 Å². The van der Waals surface area contributed by atoms with Crippen LogP contribution in [0.4, 0.5) is 0 Å². The summed E-state index contributed by atoms with van der Waals surface area (Å²) >= 11 is 1.65. The third kappa shape index (κ3) is 1.67. The zero-order chi connectivity index (χ0) is 10.1. The van der Waals surface area contributed by atoms with Crippen molar-refractivity contribution in [1.82, 2.24) is 9.97 Å². The minimum absolute atomic E-state index is 1.08. The zero-order valence-electron chi connectivity index (χ0n) is 8.44. The minimum Gasteiger partial charge on any atom is -0.252 e. The first-order valence-corrected chi connectivity index (χ1v) is 6.19. The van der Waals surface area contributed by atoms with Gasteiger partial charge in [-0.1, -0.05) is 6.07 Å². The Balaban J connectivity index is 2.04. The van der Waals surface area contributed by atoms with Crippen LogP contribution in [0.25, 0.3) is 10.6 Å². The normalized spacial score (nSPS) is 14.9. The van der Waals surface area contributed by atoms with Gasteiger partial charge in [-0.25, -0.2) is 0 Å². The lowest BCUT2D eigenvalue weighted by Crippen LogP contribution is -2.05. The van der Waals surface area contributed by atoms with E-state index in [1.165, 1.54) is 35.4 Å². The average Bonchev–Trinajstić information content (AvgIpc) is 2.82. The van der Waals surface area contributed by atoms with E-state index < -0.39 is 0 Å². The second-order valence-electron chi connectivity index (χ2n) is 3.88. The highest BCUT2D eigenvalue weighted by molar-refractivity contribution is 7.13. The number of rotatable bonds is 1. The van der Waals surface area contributed by atoms with Gasteiger partial charge < -0.3 is 0 Å². The van der Waals surface area contributed by atoms with Crippen LogP contribution in [-0.4, -0.2) is 9.97 Å². The van der Waals surface area contributed by atoms with Crippen LogP contribution >= 0.6 is 11.3 Å². The molecule has 3 heteroatoms. The third-order valence-electron chi connectivity index (χ3n) is 2.86. The average molecular weight is 216 g/mol. The molecule has 2 aromatic rings. The summed E-state index contributed by atoms with van der Waals surface area (Å²) in [6.45, 7) is 0. The molecule has 0 unspecified atom stereocenters. The van der Waals surface area contributed by atoms with Gasteiger partial charge >= 0.3 is 0 Å². The Labute approximate surface area is 93.0 Å². The maximum Gasteiger partial charge on any atom is 0.0821 e. The summed E-state index contributed by atoms with van der Waals surface area (Å²) in [7, 11) is 0. The lowest BCUT2D eigenvalue weighted by molar-refractivity contribution is 0.669. The highest BCUT2D eigenvalue weighted by Crippen LogP contribution is 2.25. The van der Waals surface area contributed by atoms with Crippen molar-refractivity contribution in [3.63, 3.8) is 0 Å². The van der Waals surface area contributed by atoms with E-state index >= 15 is 0 Å². The van der Waals surface area contributed by atoms with Gasteiger partial charge in [0.05, 0.1) is 16.1 Å². The van der Waals surface area contributed by atoms with E-state index in [4.69, 9.17) is 4.98 Å². The first-order valence-electron chi connectivity index (χ1n) is 5.31. The molecule has 0 saturated heterocycles. The maximum absolute atomic E-state index is 4.73. The fourth-order valence-electron chi connectivity index (χ4n) is 2.06. The Morgan fingerprint density at radius 2 is 2.07 bits per heavy atom. The molecular weight excluding hydrogens is 204 g/mol. The van der Waals surface area contributed by atoms with Crippen molar-refractivity contribution in [1.29, 1.82) is 0 Å². The molecule has 0 spiro atoms. The first-order chi connectivity index (χ1) is 7.43. The standard InChI is InChI=1S/C12H12N2S/c1-2-4-10-9(3-1)5-6-11(14-10)12-7-13-8-15-12/h5-8H,1-4H2. The van der Waals surface area contributed by atoms with Gasteiger partial charge in [-0.3, -0.25) is 9.97 Å². The molecule has 2 nitrogen and oxygen atoms in total. The van der Waals surface area contributed by atoms with Crippen molar-refractivity contribution in [3.8, 4) is 10.6 Å². The largest absolute Gasteiger partial charge is 0.252 e. The Morgan fingerprint density at radius 3 is 2.93 bits per heavy atom. The molecule has 15 heavy (non-hydrogen) atoms. The lowest BCUT2D eigenvalue weighted by atomic mass is 9.96. The molecule has 0 atom stereocenters. The maximum atomic E-state index is 4.73. The van der Waals surface area contributed by atoms with Crippen LogP contribution < -0.4 is 0 Å². The SMILES string of the molecule is c1ncc(-c2ccc3c(n2)CCCC3)s1. The molecule has 0 aromatic carbocycles. The van der Waals surface area contributed by atoms with Gasteiger partial charge in [0.2, 0.25) is 0 Å². The summed E-state index contributed by atoms with van der Waals surface area (Å²) in [5.41, 5.74) is 5.68. The molecule has 0 fully saturated rings. The molecule has 1 aliphatic rings. The van der Waals surface area contributed by atoms with Gasteiger partial charge in [0, 0.05) is 11.9 Å². The smallest absolute Gasteiger partial charge is 0.0821 e. The van der Waals surface area contributed by atoms with E-state index in [1.54, 1.807) is 11.3 Å². The second-order valence-corrected chi connectivity index (χ2v) is 4.76. The quantitative estimate of drug-likeness (QED) is 0.732. The van der Waals surface area contributed by atoms with Gasteiger partial charge in [0.15, 0.2) is 0 Å². The highest BCUT2D eigenvalue weighted by Gasteiger charge is 2.11. The predicted octanol–water partition coefficient (Wildman–Crippen LogP) is 3.08. The van der Waals surface area contributed by atoms with E-state index in [-0.39, 0.29) is 0 Å². The highest BCUT2D eigenvalue weighted by atomic mass is 32.1. The summed E-state index contributed by atoms with van der Waals surface area (Å²) in [4.78, 5) is 9.99. The van der Waals surface area contributed by atoms with E-state index in [1.807, 2.05) is 11.7 Å². The van der Waals surface area contributed by atoms with E-state index in [9.17, 15) is 0 Å². The fourth-order valence-corrected chi connectivity index (χ4v) is 2.65. The van der Waals surface area contributed by atoms with E-state index in [0.717, 1.165) is 12.1 Å². The van der Waals surface area contributed by atoms with Crippen LogP contribution in [0.1, 0.15) is 24.1 Å². The predicted molar refractivity (Wildman–Crippen MR) is 62.0 cm³/mol. The molecule has 0 saturated carbocycles. The van der Waals surface area contributed by atoms with Crippen molar-refractivity contribution in [2.75, 3.05) is 0 Å². The van der Waals surface area contributed by atoms with Crippen molar-refractivity contribution in [2.24, 2.45) is 0 Å². The summed E-state index contributed by atoms with van der Waals surface area (Å²) in [5, 5.41) is 0. The second kappa shape index (κ2) is 3.74. The van der Waals surface area contributed by atoms with Gasteiger partial charge in [-0.2, -0.15) is 0 Å². The van der Waals surface area contributed by atoms with E-state index in [0.29, 0.717) is 0 Å². The minimum atomic E-state index is 1.08. The number of hydrogen-bond donors (Lipinski definition) is 0. The van der Waals surface area contributed by atoms with Gasteiger partial charge in [-0.05, 0) is 37.3 Å². The van der Waals surface area contributed by atoms with Gasteiger partial charge in [-0.15, -0.1) is 11.3 Å². The molecule has 0 bridgehead atoms. The number of fused-ring (bicyclic) bond motifs is 1. The third-order valence-corrected chi connectivity index (χ3v) is 3.66. The molecule has 0 radical (unpaired) electrons. The number of pyridine rings is 1. The van der Waals surface area contributed by atoms with Crippen LogP contribution in [0.3, 0.4) is 0 Å². The van der Waals surface area contributed by atoms with Crippen LogP contribution in [0.2, 0.25) is 0 Å². The number of aryl methyl sites for hydroxylation is 2. The number of thiazole rings is 1. The number of aromatic nitrogens is 2. The fraction of sp³-hybridized carbons (Fsp3) is 0.333. The number of hydrogen-bond acceptors (Lipinski definition) is 3. The van der Waals surface area contributed by atoms with E-state index in [2.05, 4.69) is 17.1 Å².